The van der Waals surface area contributed by atoms with E-state index in [1.165, 1.54) is 12.1 Å². The zero-order chi connectivity index (χ0) is 13.8. The second-order valence-electron chi connectivity index (χ2n) is 3.80. The quantitative estimate of drug-likeness (QED) is 0.600. The molecule has 2 rings (SSSR count). The van der Waals surface area contributed by atoms with E-state index in [4.69, 9.17) is 5.84 Å². The van der Waals surface area contributed by atoms with Crippen molar-refractivity contribution in [2.75, 3.05) is 10.7 Å². The molecule has 0 spiro atoms. The first-order valence-corrected chi connectivity index (χ1v) is 6.22. The molecule has 4 N–H and O–H groups in total. The van der Waals surface area contributed by atoms with Crippen LogP contribution >= 0.6 is 15.9 Å². The molecule has 0 atom stereocenters. The van der Waals surface area contributed by atoms with Gasteiger partial charge in [0.15, 0.2) is 0 Å². The molecule has 2 aromatic carbocycles. The molecule has 6 heteroatoms. The van der Waals surface area contributed by atoms with Gasteiger partial charge in [0.2, 0.25) is 0 Å². The Bertz CT molecular complexity index is 601. The van der Waals surface area contributed by atoms with E-state index < -0.39 is 5.82 Å². The van der Waals surface area contributed by atoms with Crippen molar-refractivity contribution in [3.8, 4) is 0 Å². The molecule has 4 nitrogen and oxygen atoms in total. The van der Waals surface area contributed by atoms with Gasteiger partial charge in [0.05, 0.1) is 5.69 Å². The number of nitrogen functional groups attached to an aromatic ring is 1. The summed E-state index contributed by atoms with van der Waals surface area (Å²) in [6.45, 7) is 0. The van der Waals surface area contributed by atoms with Crippen molar-refractivity contribution >= 4 is 33.2 Å². The Balaban J connectivity index is 2.18. The van der Waals surface area contributed by atoms with E-state index in [1.807, 2.05) is 0 Å². The Kier molecular flexibility index (Phi) is 4.13. The lowest BCUT2D eigenvalue weighted by atomic mass is 10.2. The SMILES string of the molecule is NNc1ccc(C(=O)Nc2cc(Br)ccc2F)cc1. The fourth-order valence-electron chi connectivity index (χ4n) is 1.51. The average Bonchev–Trinajstić information content (AvgIpc) is 2.43. The van der Waals surface area contributed by atoms with Crippen LogP contribution in [0.5, 0.6) is 0 Å². The molecular formula is C13H11BrFN3O. The number of nitrogens with one attached hydrogen (secondary N) is 2. The summed E-state index contributed by atoms with van der Waals surface area (Å²) in [7, 11) is 0. The van der Waals surface area contributed by atoms with Gasteiger partial charge in [-0.25, -0.2) is 4.39 Å². The topological polar surface area (TPSA) is 67.1 Å². The molecule has 0 unspecified atom stereocenters. The first kappa shape index (κ1) is 13.5. The van der Waals surface area contributed by atoms with Gasteiger partial charge in [-0.3, -0.25) is 10.6 Å². The van der Waals surface area contributed by atoms with Crippen molar-refractivity contribution in [3.05, 3.63) is 58.3 Å². The highest BCUT2D eigenvalue weighted by molar-refractivity contribution is 9.10. The molecule has 19 heavy (non-hydrogen) atoms. The highest BCUT2D eigenvalue weighted by Crippen LogP contribution is 2.21. The maximum Gasteiger partial charge on any atom is 0.255 e. The zero-order valence-corrected chi connectivity index (χ0v) is 11.4. The predicted octanol–water partition coefficient (Wildman–Crippen LogP) is 3.13. The summed E-state index contributed by atoms with van der Waals surface area (Å²) >= 11 is 3.22. The number of hydrazine groups is 1. The number of carbonyl (C=O) groups is 1. The van der Waals surface area contributed by atoms with Gasteiger partial charge in [-0.2, -0.15) is 0 Å². The molecule has 1 amide bonds. The Hall–Kier alpha value is -1.92. The Morgan fingerprint density at radius 3 is 2.47 bits per heavy atom. The summed E-state index contributed by atoms with van der Waals surface area (Å²) in [5.74, 6) is 4.35. The minimum absolute atomic E-state index is 0.125. The van der Waals surface area contributed by atoms with Crippen LogP contribution in [0.4, 0.5) is 15.8 Å². The number of nitrogens with two attached hydrogens (primary N) is 1. The maximum absolute atomic E-state index is 13.5. The van der Waals surface area contributed by atoms with Gasteiger partial charge < -0.3 is 10.7 Å². The van der Waals surface area contributed by atoms with Gasteiger partial charge >= 0.3 is 0 Å². The van der Waals surface area contributed by atoms with Crippen LogP contribution in [0.2, 0.25) is 0 Å². The number of amides is 1. The summed E-state index contributed by atoms with van der Waals surface area (Å²) in [5, 5.41) is 2.51. The summed E-state index contributed by atoms with van der Waals surface area (Å²) in [5.41, 5.74) is 3.69. The number of rotatable bonds is 3. The van der Waals surface area contributed by atoms with E-state index in [9.17, 15) is 9.18 Å². The fraction of sp³-hybridized carbons (Fsp3) is 0. The lowest BCUT2D eigenvalue weighted by Gasteiger charge is -2.07. The second kappa shape index (κ2) is 5.81. The van der Waals surface area contributed by atoms with Crippen molar-refractivity contribution in [1.29, 1.82) is 0 Å². The number of anilines is 2. The van der Waals surface area contributed by atoms with E-state index in [2.05, 4.69) is 26.7 Å². The fourth-order valence-corrected chi connectivity index (χ4v) is 1.87. The molecular weight excluding hydrogens is 313 g/mol. The standard InChI is InChI=1S/C13H11BrFN3O/c14-9-3-6-11(15)12(7-9)17-13(19)8-1-4-10(18-16)5-2-8/h1-7,18H,16H2,(H,17,19). The Labute approximate surface area is 117 Å². The molecule has 0 heterocycles. The summed E-state index contributed by atoms with van der Waals surface area (Å²) in [6.07, 6.45) is 0. The van der Waals surface area contributed by atoms with Crippen LogP contribution in [0.1, 0.15) is 10.4 Å². The first-order valence-electron chi connectivity index (χ1n) is 5.43. The normalized spacial score (nSPS) is 10.1. The van der Waals surface area contributed by atoms with Gasteiger partial charge in [0.1, 0.15) is 5.82 Å². The van der Waals surface area contributed by atoms with Crippen molar-refractivity contribution < 1.29 is 9.18 Å². The molecule has 0 aliphatic heterocycles. The van der Waals surface area contributed by atoms with Crippen molar-refractivity contribution in [2.24, 2.45) is 5.84 Å². The summed E-state index contributed by atoms with van der Waals surface area (Å²) in [6, 6.07) is 10.9. The van der Waals surface area contributed by atoms with E-state index in [-0.39, 0.29) is 11.6 Å². The van der Waals surface area contributed by atoms with Crippen molar-refractivity contribution in [2.45, 2.75) is 0 Å². The van der Waals surface area contributed by atoms with Crippen LogP contribution in [-0.4, -0.2) is 5.91 Å². The number of carbonyl (C=O) groups excluding carboxylic acids is 1. The minimum atomic E-state index is -0.489. The molecule has 0 radical (unpaired) electrons. The van der Waals surface area contributed by atoms with Gasteiger partial charge in [0, 0.05) is 15.7 Å². The minimum Gasteiger partial charge on any atom is -0.324 e. The van der Waals surface area contributed by atoms with Crippen LogP contribution in [-0.2, 0) is 0 Å². The first-order chi connectivity index (χ1) is 9.10. The van der Waals surface area contributed by atoms with E-state index in [0.29, 0.717) is 15.7 Å². The van der Waals surface area contributed by atoms with Crippen LogP contribution in [0.15, 0.2) is 46.9 Å². The molecule has 0 aliphatic rings. The predicted molar refractivity (Wildman–Crippen MR) is 76.3 cm³/mol. The molecule has 0 aliphatic carbocycles. The monoisotopic (exact) mass is 323 g/mol. The summed E-state index contributed by atoms with van der Waals surface area (Å²) in [4.78, 5) is 11.9. The van der Waals surface area contributed by atoms with Gasteiger partial charge in [-0.15, -0.1) is 0 Å². The molecule has 0 saturated heterocycles. The number of hydrogen-bond donors (Lipinski definition) is 3. The highest BCUT2D eigenvalue weighted by atomic mass is 79.9. The summed E-state index contributed by atoms with van der Waals surface area (Å²) < 4.78 is 14.2. The third-order valence-corrected chi connectivity index (χ3v) is 2.98. The number of hydrogen-bond acceptors (Lipinski definition) is 3. The Morgan fingerprint density at radius 2 is 1.84 bits per heavy atom. The third-order valence-electron chi connectivity index (χ3n) is 2.49. The lowest BCUT2D eigenvalue weighted by molar-refractivity contribution is 0.102. The third kappa shape index (κ3) is 3.30. The molecule has 0 aromatic heterocycles. The molecule has 98 valence electrons. The number of benzene rings is 2. The van der Waals surface area contributed by atoms with E-state index in [1.54, 1.807) is 30.3 Å². The number of halogens is 2. The highest BCUT2D eigenvalue weighted by Gasteiger charge is 2.09. The van der Waals surface area contributed by atoms with Crippen LogP contribution in [0.3, 0.4) is 0 Å². The van der Waals surface area contributed by atoms with E-state index >= 15 is 0 Å². The van der Waals surface area contributed by atoms with Gasteiger partial charge in [0.25, 0.3) is 5.91 Å². The molecule has 0 fully saturated rings. The zero-order valence-electron chi connectivity index (χ0n) is 9.78. The molecule has 2 aromatic rings. The maximum atomic E-state index is 13.5. The Morgan fingerprint density at radius 1 is 1.16 bits per heavy atom. The van der Waals surface area contributed by atoms with Crippen LogP contribution in [0.25, 0.3) is 0 Å². The molecule has 0 saturated carbocycles. The molecule has 0 bridgehead atoms. The van der Waals surface area contributed by atoms with Crippen molar-refractivity contribution in [1.82, 2.24) is 0 Å². The largest absolute Gasteiger partial charge is 0.324 e. The van der Waals surface area contributed by atoms with Gasteiger partial charge in [-0.05, 0) is 42.5 Å². The average molecular weight is 324 g/mol. The second-order valence-corrected chi connectivity index (χ2v) is 4.72. The lowest BCUT2D eigenvalue weighted by Crippen LogP contribution is -2.13. The smallest absolute Gasteiger partial charge is 0.255 e. The van der Waals surface area contributed by atoms with E-state index in [0.717, 1.165) is 0 Å². The van der Waals surface area contributed by atoms with Crippen LogP contribution < -0.4 is 16.6 Å². The van der Waals surface area contributed by atoms with Crippen molar-refractivity contribution in [3.63, 3.8) is 0 Å². The van der Waals surface area contributed by atoms with Crippen LogP contribution in [0, 0.1) is 5.82 Å². The van der Waals surface area contributed by atoms with Gasteiger partial charge in [-0.1, -0.05) is 15.9 Å².